The van der Waals surface area contributed by atoms with Crippen LogP contribution in [0.25, 0.3) is 0 Å². The third-order valence-corrected chi connectivity index (χ3v) is 4.26. The van der Waals surface area contributed by atoms with E-state index in [0.29, 0.717) is 25.9 Å². The first-order chi connectivity index (χ1) is 12.5. The molecule has 26 heavy (non-hydrogen) atoms. The van der Waals surface area contributed by atoms with Crippen molar-refractivity contribution in [1.82, 2.24) is 4.90 Å². The summed E-state index contributed by atoms with van der Waals surface area (Å²) in [6, 6.07) is 6.69. The number of non-ortho nitro benzene ring substituents is 1. The molecule has 0 saturated carbocycles. The third kappa shape index (κ3) is 3.63. The average molecular weight is 360 g/mol. The van der Waals surface area contributed by atoms with Crippen LogP contribution < -0.4 is 5.32 Å². The maximum Gasteiger partial charge on any atom is 0.299 e. The fourth-order valence-electron chi connectivity index (χ4n) is 2.91. The van der Waals surface area contributed by atoms with Crippen LogP contribution in [0.15, 0.2) is 41.0 Å². The second-order valence-electron chi connectivity index (χ2n) is 5.90. The van der Waals surface area contributed by atoms with Crippen molar-refractivity contribution in [2.45, 2.75) is 18.9 Å². The Kier molecular flexibility index (Phi) is 4.83. The van der Waals surface area contributed by atoms with E-state index in [1.165, 1.54) is 18.4 Å². The summed E-state index contributed by atoms with van der Waals surface area (Å²) in [6.07, 6.45) is 2.64. The second-order valence-corrected chi connectivity index (χ2v) is 5.90. The predicted molar refractivity (Wildman–Crippen MR) is 91.0 cm³/mol. The molecule has 136 valence electrons. The molecule has 1 aliphatic rings. The monoisotopic (exact) mass is 360 g/mol. The van der Waals surface area contributed by atoms with Gasteiger partial charge in [0.15, 0.2) is 5.76 Å². The van der Waals surface area contributed by atoms with E-state index in [2.05, 4.69) is 5.32 Å². The molecular weight excluding hydrogens is 344 g/mol. The van der Waals surface area contributed by atoms with Gasteiger partial charge in [0, 0.05) is 25.2 Å². The fraction of sp³-hybridized carbons (Fsp3) is 0.312. The summed E-state index contributed by atoms with van der Waals surface area (Å²) >= 11 is 0. The Hall–Kier alpha value is -3.43. The standard InChI is InChI=1S/C16H16N4O6/c21-16(15-2-1-9-26-15)18-7-5-11(6-8-18)17-13-4-3-12(19(22)23)10-14(13)20(24)25/h1-4,9-11,17H,5-8H2. The number of nitrogens with zero attached hydrogens (tertiary/aromatic N) is 3. The van der Waals surface area contributed by atoms with Crippen LogP contribution in [0.5, 0.6) is 0 Å². The Morgan fingerprint density at radius 3 is 2.46 bits per heavy atom. The van der Waals surface area contributed by atoms with Gasteiger partial charge in [-0.3, -0.25) is 25.0 Å². The first-order valence-electron chi connectivity index (χ1n) is 7.98. The Bertz CT molecular complexity index is 827. The van der Waals surface area contributed by atoms with Crippen molar-refractivity contribution in [3.05, 3.63) is 62.6 Å². The number of nitro benzene ring substituents is 2. The number of benzene rings is 1. The van der Waals surface area contributed by atoms with Crippen LogP contribution >= 0.6 is 0 Å². The molecule has 1 saturated heterocycles. The number of amides is 1. The van der Waals surface area contributed by atoms with Crippen molar-refractivity contribution in [2.24, 2.45) is 0 Å². The van der Waals surface area contributed by atoms with Crippen LogP contribution in [0.3, 0.4) is 0 Å². The van der Waals surface area contributed by atoms with Crippen molar-refractivity contribution in [3.63, 3.8) is 0 Å². The molecule has 10 nitrogen and oxygen atoms in total. The molecule has 0 unspecified atom stereocenters. The lowest BCUT2D eigenvalue weighted by Crippen LogP contribution is -2.42. The normalized spacial score (nSPS) is 14.8. The van der Waals surface area contributed by atoms with Gasteiger partial charge in [0.05, 0.1) is 22.2 Å². The number of nitro groups is 2. The van der Waals surface area contributed by atoms with E-state index in [1.54, 1.807) is 17.0 Å². The Balaban J connectivity index is 1.65. The number of carbonyl (C=O) groups is 1. The number of rotatable bonds is 5. The van der Waals surface area contributed by atoms with Crippen LogP contribution in [-0.2, 0) is 0 Å². The molecule has 1 amide bonds. The molecule has 2 aromatic rings. The number of anilines is 1. The van der Waals surface area contributed by atoms with Crippen molar-refractivity contribution in [3.8, 4) is 0 Å². The largest absolute Gasteiger partial charge is 0.459 e. The predicted octanol–water partition coefficient (Wildman–Crippen LogP) is 2.81. The van der Waals surface area contributed by atoms with Crippen molar-refractivity contribution < 1.29 is 19.1 Å². The zero-order chi connectivity index (χ0) is 18.7. The molecule has 0 bridgehead atoms. The molecule has 1 aromatic heterocycles. The number of furan rings is 1. The number of likely N-dealkylation sites (tertiary alicyclic amines) is 1. The fourth-order valence-corrected chi connectivity index (χ4v) is 2.91. The highest BCUT2D eigenvalue weighted by Crippen LogP contribution is 2.30. The van der Waals surface area contributed by atoms with Gasteiger partial charge in [0.25, 0.3) is 17.3 Å². The molecule has 0 aliphatic carbocycles. The molecule has 0 atom stereocenters. The van der Waals surface area contributed by atoms with Gasteiger partial charge in [0.2, 0.25) is 0 Å². The minimum Gasteiger partial charge on any atom is -0.459 e. The van der Waals surface area contributed by atoms with Crippen LogP contribution in [0, 0.1) is 20.2 Å². The molecule has 0 spiro atoms. The molecule has 3 rings (SSSR count). The Labute approximate surface area is 147 Å². The molecule has 1 fully saturated rings. The smallest absolute Gasteiger partial charge is 0.299 e. The van der Waals surface area contributed by atoms with Crippen LogP contribution in [-0.4, -0.2) is 39.8 Å². The number of piperidine rings is 1. The number of hydrogen-bond acceptors (Lipinski definition) is 7. The van der Waals surface area contributed by atoms with Gasteiger partial charge in [-0.05, 0) is 31.0 Å². The van der Waals surface area contributed by atoms with Gasteiger partial charge in [-0.25, -0.2) is 0 Å². The minimum atomic E-state index is -0.671. The number of hydrogen-bond donors (Lipinski definition) is 1. The zero-order valence-corrected chi connectivity index (χ0v) is 13.7. The van der Waals surface area contributed by atoms with E-state index in [-0.39, 0.29) is 34.8 Å². The lowest BCUT2D eigenvalue weighted by atomic mass is 10.0. The summed E-state index contributed by atoms with van der Waals surface area (Å²) in [5.74, 6) is 0.0946. The van der Waals surface area contributed by atoms with Crippen molar-refractivity contribution in [1.29, 1.82) is 0 Å². The van der Waals surface area contributed by atoms with E-state index >= 15 is 0 Å². The van der Waals surface area contributed by atoms with Gasteiger partial charge in [-0.2, -0.15) is 0 Å². The maximum atomic E-state index is 12.2. The summed E-state index contributed by atoms with van der Waals surface area (Å²) in [5.41, 5.74) is -0.439. The Morgan fingerprint density at radius 1 is 1.15 bits per heavy atom. The zero-order valence-electron chi connectivity index (χ0n) is 13.7. The SMILES string of the molecule is O=C(c1ccco1)N1CCC(Nc2ccc([N+](=O)[O-])cc2[N+](=O)[O-])CC1. The first-order valence-corrected chi connectivity index (χ1v) is 7.98. The highest BCUT2D eigenvalue weighted by Gasteiger charge is 2.27. The highest BCUT2D eigenvalue weighted by molar-refractivity contribution is 5.91. The lowest BCUT2D eigenvalue weighted by molar-refractivity contribution is -0.393. The van der Waals surface area contributed by atoms with Gasteiger partial charge >= 0.3 is 0 Å². The van der Waals surface area contributed by atoms with E-state index < -0.39 is 9.85 Å². The van der Waals surface area contributed by atoms with Crippen molar-refractivity contribution >= 4 is 23.0 Å². The van der Waals surface area contributed by atoms with E-state index in [1.807, 2.05) is 0 Å². The third-order valence-electron chi connectivity index (χ3n) is 4.26. The summed E-state index contributed by atoms with van der Waals surface area (Å²) in [4.78, 5) is 34.6. The van der Waals surface area contributed by atoms with Gasteiger partial charge in [0.1, 0.15) is 5.69 Å². The topological polar surface area (TPSA) is 132 Å². The molecule has 2 heterocycles. The van der Waals surface area contributed by atoms with Gasteiger partial charge in [-0.15, -0.1) is 0 Å². The van der Waals surface area contributed by atoms with Crippen LogP contribution in [0.1, 0.15) is 23.4 Å². The first kappa shape index (κ1) is 17.4. The van der Waals surface area contributed by atoms with Gasteiger partial charge < -0.3 is 14.6 Å². The summed E-state index contributed by atoms with van der Waals surface area (Å²) in [6.45, 7) is 0.968. The minimum absolute atomic E-state index is 0.0733. The van der Waals surface area contributed by atoms with Crippen molar-refractivity contribution in [2.75, 3.05) is 18.4 Å². The summed E-state index contributed by atoms with van der Waals surface area (Å²) < 4.78 is 5.11. The molecule has 1 aliphatic heterocycles. The van der Waals surface area contributed by atoms with Crippen LogP contribution in [0.2, 0.25) is 0 Å². The van der Waals surface area contributed by atoms with E-state index in [9.17, 15) is 25.0 Å². The summed E-state index contributed by atoms with van der Waals surface area (Å²) in [7, 11) is 0. The Morgan fingerprint density at radius 2 is 1.88 bits per heavy atom. The summed E-state index contributed by atoms with van der Waals surface area (Å²) in [5, 5.41) is 25.0. The number of nitrogens with one attached hydrogen (secondary N) is 1. The molecular formula is C16H16N4O6. The molecule has 1 aromatic carbocycles. The average Bonchev–Trinajstić information content (AvgIpc) is 3.16. The maximum absolute atomic E-state index is 12.2. The molecule has 0 radical (unpaired) electrons. The van der Waals surface area contributed by atoms with Crippen LogP contribution in [0.4, 0.5) is 17.1 Å². The second kappa shape index (κ2) is 7.21. The lowest BCUT2D eigenvalue weighted by Gasteiger charge is -2.32. The molecule has 10 heteroatoms. The highest BCUT2D eigenvalue weighted by atomic mass is 16.6. The molecule has 1 N–H and O–H groups in total. The quantitative estimate of drug-likeness (QED) is 0.640. The van der Waals surface area contributed by atoms with E-state index in [4.69, 9.17) is 4.42 Å². The van der Waals surface area contributed by atoms with Gasteiger partial charge in [-0.1, -0.05) is 0 Å². The van der Waals surface area contributed by atoms with E-state index in [0.717, 1.165) is 6.07 Å². The number of carbonyl (C=O) groups excluding carboxylic acids is 1.